The van der Waals surface area contributed by atoms with Gasteiger partial charge in [-0.3, -0.25) is 4.98 Å². The third-order valence-electron chi connectivity index (χ3n) is 4.28. The van der Waals surface area contributed by atoms with Crippen molar-refractivity contribution < 1.29 is 0 Å². The van der Waals surface area contributed by atoms with Crippen molar-refractivity contribution in [3.05, 3.63) is 48.4 Å². The average Bonchev–Trinajstić information content (AvgIpc) is 3.03. The molecule has 1 aliphatic rings. The first-order valence-electron chi connectivity index (χ1n) is 7.95. The first-order valence-corrected chi connectivity index (χ1v) is 7.95. The molecule has 0 bridgehead atoms. The molecular formula is C17H23N5. The number of likely N-dealkylation sites (N-methyl/N-ethyl adjacent to an activating group) is 1. The SMILES string of the molecule is CN(CCc1ccncc1)C[C@H]1CCCN1c1cccnn1. The monoisotopic (exact) mass is 297 g/mol. The number of hydrogen-bond acceptors (Lipinski definition) is 5. The number of nitrogens with zero attached hydrogens (tertiary/aromatic N) is 5. The van der Waals surface area contributed by atoms with E-state index in [-0.39, 0.29) is 0 Å². The van der Waals surface area contributed by atoms with E-state index >= 15 is 0 Å². The van der Waals surface area contributed by atoms with Gasteiger partial charge < -0.3 is 9.80 Å². The minimum Gasteiger partial charge on any atom is -0.351 e. The number of hydrogen-bond donors (Lipinski definition) is 0. The second-order valence-corrected chi connectivity index (χ2v) is 5.94. The predicted molar refractivity (Wildman–Crippen MR) is 87.8 cm³/mol. The normalized spacial score (nSPS) is 18.1. The maximum atomic E-state index is 4.26. The summed E-state index contributed by atoms with van der Waals surface area (Å²) in [7, 11) is 2.20. The highest BCUT2D eigenvalue weighted by atomic mass is 15.3. The average molecular weight is 297 g/mol. The molecule has 0 amide bonds. The highest BCUT2D eigenvalue weighted by molar-refractivity contribution is 5.39. The van der Waals surface area contributed by atoms with E-state index in [9.17, 15) is 0 Å². The molecule has 5 heteroatoms. The molecule has 3 heterocycles. The van der Waals surface area contributed by atoms with E-state index in [4.69, 9.17) is 0 Å². The van der Waals surface area contributed by atoms with Crippen molar-refractivity contribution in [1.82, 2.24) is 20.1 Å². The largest absolute Gasteiger partial charge is 0.351 e. The second-order valence-electron chi connectivity index (χ2n) is 5.94. The maximum absolute atomic E-state index is 4.26. The van der Waals surface area contributed by atoms with Crippen LogP contribution in [0.5, 0.6) is 0 Å². The van der Waals surface area contributed by atoms with Gasteiger partial charge in [0, 0.05) is 44.3 Å². The van der Waals surface area contributed by atoms with Gasteiger partial charge in [0.1, 0.15) is 0 Å². The summed E-state index contributed by atoms with van der Waals surface area (Å²) in [5.41, 5.74) is 1.35. The molecule has 0 aromatic carbocycles. The predicted octanol–water partition coefficient (Wildman–Crippen LogP) is 2.01. The van der Waals surface area contributed by atoms with Crippen LogP contribution in [0.4, 0.5) is 5.82 Å². The highest BCUT2D eigenvalue weighted by Gasteiger charge is 2.26. The zero-order valence-electron chi connectivity index (χ0n) is 13.1. The van der Waals surface area contributed by atoms with Crippen molar-refractivity contribution in [1.29, 1.82) is 0 Å². The fraction of sp³-hybridized carbons (Fsp3) is 0.471. The van der Waals surface area contributed by atoms with Crippen LogP contribution in [0.3, 0.4) is 0 Å². The van der Waals surface area contributed by atoms with Crippen LogP contribution in [0.15, 0.2) is 42.9 Å². The molecule has 0 saturated carbocycles. The van der Waals surface area contributed by atoms with Crippen LogP contribution in [0.1, 0.15) is 18.4 Å². The van der Waals surface area contributed by atoms with Gasteiger partial charge in [-0.15, -0.1) is 5.10 Å². The molecule has 1 aliphatic heterocycles. The summed E-state index contributed by atoms with van der Waals surface area (Å²) in [5.74, 6) is 1.01. The first-order chi connectivity index (χ1) is 10.8. The third kappa shape index (κ3) is 3.80. The minimum atomic E-state index is 0.541. The molecule has 1 fully saturated rings. The Bertz CT molecular complexity index is 560. The van der Waals surface area contributed by atoms with Crippen LogP contribution in [0.2, 0.25) is 0 Å². The van der Waals surface area contributed by atoms with Crippen molar-refractivity contribution in [2.24, 2.45) is 0 Å². The van der Waals surface area contributed by atoms with Gasteiger partial charge >= 0.3 is 0 Å². The summed E-state index contributed by atoms with van der Waals surface area (Å²) in [4.78, 5) is 8.88. The summed E-state index contributed by atoms with van der Waals surface area (Å²) in [5, 5.41) is 8.27. The lowest BCUT2D eigenvalue weighted by atomic mass is 10.1. The Balaban J connectivity index is 1.53. The van der Waals surface area contributed by atoms with Crippen LogP contribution < -0.4 is 4.90 Å². The summed E-state index contributed by atoms with van der Waals surface area (Å²) < 4.78 is 0. The third-order valence-corrected chi connectivity index (χ3v) is 4.28. The van der Waals surface area contributed by atoms with Crippen LogP contribution in [0.25, 0.3) is 0 Å². The van der Waals surface area contributed by atoms with Gasteiger partial charge in [0.05, 0.1) is 0 Å². The number of anilines is 1. The lowest BCUT2D eigenvalue weighted by Crippen LogP contribution is -2.40. The molecule has 116 valence electrons. The van der Waals surface area contributed by atoms with Gasteiger partial charge in [-0.1, -0.05) is 0 Å². The van der Waals surface area contributed by atoms with Crippen molar-refractivity contribution in [3.63, 3.8) is 0 Å². The fourth-order valence-corrected chi connectivity index (χ4v) is 3.09. The molecule has 1 saturated heterocycles. The molecule has 0 unspecified atom stereocenters. The highest BCUT2D eigenvalue weighted by Crippen LogP contribution is 2.23. The zero-order valence-corrected chi connectivity index (χ0v) is 13.1. The molecule has 2 aromatic rings. The van der Waals surface area contributed by atoms with Crippen LogP contribution >= 0.6 is 0 Å². The Labute approximate surface area is 132 Å². The summed E-state index contributed by atoms with van der Waals surface area (Å²) >= 11 is 0. The lowest BCUT2D eigenvalue weighted by molar-refractivity contribution is 0.313. The molecule has 1 atom stereocenters. The number of pyridine rings is 1. The molecule has 5 nitrogen and oxygen atoms in total. The molecule has 0 spiro atoms. The number of rotatable bonds is 6. The molecule has 0 N–H and O–H groups in total. The van der Waals surface area contributed by atoms with Gasteiger partial charge in [-0.25, -0.2) is 0 Å². The Morgan fingerprint density at radius 3 is 2.86 bits per heavy atom. The lowest BCUT2D eigenvalue weighted by Gasteiger charge is -2.29. The van der Waals surface area contributed by atoms with Gasteiger partial charge in [-0.2, -0.15) is 5.10 Å². The van der Waals surface area contributed by atoms with Crippen LogP contribution in [0, 0.1) is 0 Å². The Hall–Kier alpha value is -2.01. The van der Waals surface area contributed by atoms with Gasteiger partial charge in [0.25, 0.3) is 0 Å². The second kappa shape index (κ2) is 7.31. The topological polar surface area (TPSA) is 45.2 Å². The minimum absolute atomic E-state index is 0.541. The van der Waals surface area contributed by atoms with Crippen LogP contribution in [-0.2, 0) is 6.42 Å². The fourth-order valence-electron chi connectivity index (χ4n) is 3.09. The van der Waals surface area contributed by atoms with Crippen molar-refractivity contribution in [3.8, 4) is 0 Å². The Morgan fingerprint density at radius 2 is 2.09 bits per heavy atom. The maximum Gasteiger partial charge on any atom is 0.151 e. The molecule has 3 rings (SSSR count). The van der Waals surface area contributed by atoms with E-state index < -0.39 is 0 Å². The summed E-state index contributed by atoms with van der Waals surface area (Å²) in [6.07, 6.45) is 8.99. The quantitative estimate of drug-likeness (QED) is 0.816. The summed E-state index contributed by atoms with van der Waals surface area (Å²) in [6.45, 7) is 3.22. The molecule has 0 aliphatic carbocycles. The van der Waals surface area contributed by atoms with Crippen molar-refractivity contribution in [2.45, 2.75) is 25.3 Å². The van der Waals surface area contributed by atoms with Crippen LogP contribution in [-0.4, -0.2) is 52.8 Å². The molecule has 22 heavy (non-hydrogen) atoms. The Kier molecular flexibility index (Phi) is 4.96. The van der Waals surface area contributed by atoms with Gasteiger partial charge in [0.15, 0.2) is 5.82 Å². The van der Waals surface area contributed by atoms with Gasteiger partial charge in [0.2, 0.25) is 0 Å². The smallest absolute Gasteiger partial charge is 0.151 e. The van der Waals surface area contributed by atoms with E-state index in [0.717, 1.165) is 31.9 Å². The summed E-state index contributed by atoms with van der Waals surface area (Å²) in [6, 6.07) is 8.75. The van der Waals surface area contributed by atoms with E-state index in [0.29, 0.717) is 6.04 Å². The van der Waals surface area contributed by atoms with E-state index in [1.165, 1.54) is 18.4 Å². The van der Waals surface area contributed by atoms with Crippen molar-refractivity contribution in [2.75, 3.05) is 31.6 Å². The first kappa shape index (κ1) is 14.9. The van der Waals surface area contributed by atoms with Gasteiger partial charge in [-0.05, 0) is 56.1 Å². The Morgan fingerprint density at radius 1 is 1.23 bits per heavy atom. The molecule has 2 aromatic heterocycles. The van der Waals surface area contributed by atoms with Crippen molar-refractivity contribution >= 4 is 5.82 Å². The molecular weight excluding hydrogens is 274 g/mol. The van der Waals surface area contributed by atoms with E-state index in [1.807, 2.05) is 18.5 Å². The number of aromatic nitrogens is 3. The standard InChI is InChI=1S/C17H23N5/c1-21(13-8-15-6-10-18-11-7-15)14-16-4-3-12-22(16)17-5-2-9-19-20-17/h2,5-7,9-11,16H,3-4,8,12-14H2,1H3/t16-/m1/s1. The zero-order chi connectivity index (χ0) is 15.2. The van der Waals surface area contributed by atoms with E-state index in [1.54, 1.807) is 6.20 Å². The molecule has 0 radical (unpaired) electrons. The van der Waals surface area contributed by atoms with E-state index in [2.05, 4.69) is 50.2 Å².